The Balaban J connectivity index is 0.00000320. The highest BCUT2D eigenvalue weighted by atomic mass is 35.5. The van der Waals surface area contributed by atoms with Crippen LogP contribution in [0.4, 0.5) is 0 Å². The van der Waals surface area contributed by atoms with Crippen molar-refractivity contribution in [2.24, 2.45) is 5.73 Å². The number of piperidine rings is 1. The number of rotatable bonds is 8. The lowest BCUT2D eigenvalue weighted by Crippen LogP contribution is -2.54. The van der Waals surface area contributed by atoms with Gasteiger partial charge in [0.15, 0.2) is 6.61 Å². The minimum absolute atomic E-state index is 0. The summed E-state index contributed by atoms with van der Waals surface area (Å²) in [5.74, 6) is -2.71. The van der Waals surface area contributed by atoms with Crippen molar-refractivity contribution in [3.05, 3.63) is 29.3 Å². The van der Waals surface area contributed by atoms with E-state index in [9.17, 15) is 24.0 Å². The lowest BCUT2D eigenvalue weighted by molar-refractivity contribution is -0.136. The van der Waals surface area contributed by atoms with Gasteiger partial charge in [0.05, 0.1) is 11.1 Å². The Morgan fingerprint density at radius 1 is 1.20 bits per heavy atom. The highest BCUT2D eigenvalue weighted by Crippen LogP contribution is 2.33. The highest BCUT2D eigenvalue weighted by Gasteiger charge is 2.46. The molecule has 11 heteroatoms. The summed E-state index contributed by atoms with van der Waals surface area (Å²) in [5.41, 5.74) is 5.50. The molecule has 3 rings (SSSR count). The summed E-state index contributed by atoms with van der Waals surface area (Å²) >= 11 is 0. The predicted octanol–water partition coefficient (Wildman–Crippen LogP) is -0.257. The minimum Gasteiger partial charge on any atom is -0.483 e. The third-order valence-electron chi connectivity index (χ3n) is 4.74. The SMILES string of the molecule is Cl.NCCCCNC(=O)COc1cccc2c1C(=O)N(C1CCC(=O)NC1=O)C2=O. The van der Waals surface area contributed by atoms with Crippen molar-refractivity contribution in [1.29, 1.82) is 0 Å². The van der Waals surface area contributed by atoms with Gasteiger partial charge in [-0.25, -0.2) is 0 Å². The molecule has 162 valence electrons. The summed E-state index contributed by atoms with van der Waals surface area (Å²) in [6.07, 6.45) is 1.64. The Kier molecular flexibility index (Phi) is 7.90. The summed E-state index contributed by atoms with van der Waals surface area (Å²) < 4.78 is 5.47. The molecule has 1 aromatic carbocycles. The molecule has 10 nitrogen and oxygen atoms in total. The number of ether oxygens (including phenoxy) is 1. The maximum Gasteiger partial charge on any atom is 0.266 e. The molecular formula is C19H23ClN4O6. The Morgan fingerprint density at radius 3 is 2.67 bits per heavy atom. The second kappa shape index (κ2) is 10.2. The van der Waals surface area contributed by atoms with Gasteiger partial charge in [0.2, 0.25) is 11.8 Å². The smallest absolute Gasteiger partial charge is 0.266 e. The fourth-order valence-corrected chi connectivity index (χ4v) is 3.30. The van der Waals surface area contributed by atoms with Crippen molar-refractivity contribution in [3.8, 4) is 5.75 Å². The van der Waals surface area contributed by atoms with E-state index in [1.165, 1.54) is 18.2 Å². The van der Waals surface area contributed by atoms with Gasteiger partial charge in [0.25, 0.3) is 17.7 Å². The van der Waals surface area contributed by atoms with E-state index in [2.05, 4.69) is 10.6 Å². The Bertz CT molecular complexity index is 875. The molecule has 1 saturated heterocycles. The van der Waals surface area contributed by atoms with Gasteiger partial charge >= 0.3 is 0 Å². The van der Waals surface area contributed by atoms with Crippen LogP contribution in [0.2, 0.25) is 0 Å². The number of carbonyl (C=O) groups excluding carboxylic acids is 5. The van der Waals surface area contributed by atoms with Gasteiger partial charge in [-0.3, -0.25) is 34.2 Å². The minimum atomic E-state index is -1.06. The largest absolute Gasteiger partial charge is 0.483 e. The molecule has 0 aromatic heterocycles. The molecule has 0 spiro atoms. The van der Waals surface area contributed by atoms with Crippen LogP contribution in [0.25, 0.3) is 0 Å². The van der Waals surface area contributed by atoms with Crippen LogP contribution in [0.3, 0.4) is 0 Å². The molecule has 0 saturated carbocycles. The number of amides is 5. The summed E-state index contributed by atoms with van der Waals surface area (Å²) in [4.78, 5) is 61.8. The van der Waals surface area contributed by atoms with E-state index >= 15 is 0 Å². The van der Waals surface area contributed by atoms with Gasteiger partial charge in [-0.15, -0.1) is 12.4 Å². The zero-order valence-corrected chi connectivity index (χ0v) is 17.0. The summed E-state index contributed by atoms with van der Waals surface area (Å²) in [6, 6.07) is 3.42. The predicted molar refractivity (Wildman–Crippen MR) is 107 cm³/mol. The van der Waals surface area contributed by atoms with Crippen molar-refractivity contribution < 1.29 is 28.7 Å². The highest BCUT2D eigenvalue weighted by molar-refractivity contribution is 6.24. The number of unbranched alkanes of at least 4 members (excludes halogenated alkanes) is 1. The number of hydrogen-bond acceptors (Lipinski definition) is 7. The topological polar surface area (TPSA) is 148 Å². The molecule has 0 bridgehead atoms. The molecule has 0 aliphatic carbocycles. The number of imide groups is 2. The second-order valence-corrected chi connectivity index (χ2v) is 6.76. The van der Waals surface area contributed by atoms with Crippen molar-refractivity contribution in [3.63, 3.8) is 0 Å². The van der Waals surface area contributed by atoms with E-state index in [4.69, 9.17) is 10.5 Å². The van der Waals surface area contributed by atoms with E-state index < -0.39 is 29.7 Å². The van der Waals surface area contributed by atoms with Crippen molar-refractivity contribution >= 4 is 41.9 Å². The molecule has 2 aliphatic heterocycles. The van der Waals surface area contributed by atoms with E-state index in [0.29, 0.717) is 13.1 Å². The third kappa shape index (κ3) is 4.77. The van der Waals surface area contributed by atoms with E-state index in [0.717, 1.165) is 17.7 Å². The van der Waals surface area contributed by atoms with Crippen LogP contribution in [-0.4, -0.2) is 60.2 Å². The van der Waals surface area contributed by atoms with E-state index in [-0.39, 0.29) is 54.6 Å². The maximum absolute atomic E-state index is 12.9. The monoisotopic (exact) mass is 438 g/mol. The van der Waals surface area contributed by atoms with Crippen LogP contribution < -0.4 is 21.1 Å². The molecule has 1 fully saturated rings. The van der Waals surface area contributed by atoms with Gasteiger partial charge in [-0.2, -0.15) is 0 Å². The van der Waals surface area contributed by atoms with Crippen LogP contribution in [-0.2, 0) is 14.4 Å². The Labute approximate surface area is 178 Å². The second-order valence-electron chi connectivity index (χ2n) is 6.76. The standard InChI is InChI=1S/C19H22N4O6.ClH/c20-8-1-2-9-21-15(25)10-29-13-5-3-4-11-16(13)19(28)23(18(11)27)12-6-7-14(24)22-17(12)26;/h3-5,12H,1-2,6-10,20H2,(H,21,25)(H,22,24,26);1H. The zero-order valence-electron chi connectivity index (χ0n) is 16.1. The van der Waals surface area contributed by atoms with Crippen LogP contribution in [0.15, 0.2) is 18.2 Å². The average molecular weight is 439 g/mol. The number of halogens is 1. The molecule has 1 atom stereocenters. The fourth-order valence-electron chi connectivity index (χ4n) is 3.30. The van der Waals surface area contributed by atoms with E-state index in [1.54, 1.807) is 0 Å². The molecular weight excluding hydrogens is 416 g/mol. The summed E-state index contributed by atoms with van der Waals surface area (Å²) in [6.45, 7) is 0.689. The van der Waals surface area contributed by atoms with Crippen molar-refractivity contribution in [2.75, 3.05) is 19.7 Å². The quantitative estimate of drug-likeness (QED) is 0.374. The molecule has 5 amide bonds. The van der Waals surface area contributed by atoms with Crippen LogP contribution in [0.1, 0.15) is 46.4 Å². The molecule has 0 radical (unpaired) electrons. The fraction of sp³-hybridized carbons (Fsp3) is 0.421. The molecule has 2 heterocycles. The van der Waals surface area contributed by atoms with Gasteiger partial charge < -0.3 is 15.8 Å². The van der Waals surface area contributed by atoms with Gasteiger partial charge in [-0.05, 0) is 37.9 Å². The first kappa shape index (κ1) is 23.3. The molecule has 30 heavy (non-hydrogen) atoms. The number of nitrogens with two attached hydrogens (primary N) is 1. The normalized spacial score (nSPS) is 17.9. The number of hydrogen-bond donors (Lipinski definition) is 3. The zero-order chi connectivity index (χ0) is 21.0. The van der Waals surface area contributed by atoms with Gasteiger partial charge in [-0.1, -0.05) is 6.07 Å². The van der Waals surface area contributed by atoms with Crippen LogP contribution >= 0.6 is 12.4 Å². The first-order chi connectivity index (χ1) is 13.9. The summed E-state index contributed by atoms with van der Waals surface area (Å²) in [5, 5.41) is 4.82. The molecule has 1 unspecified atom stereocenters. The number of nitrogens with one attached hydrogen (secondary N) is 2. The molecule has 4 N–H and O–H groups in total. The summed E-state index contributed by atoms with van der Waals surface area (Å²) in [7, 11) is 0. The Morgan fingerprint density at radius 2 is 1.97 bits per heavy atom. The van der Waals surface area contributed by atoms with Crippen molar-refractivity contribution in [2.45, 2.75) is 31.7 Å². The van der Waals surface area contributed by atoms with E-state index in [1.807, 2.05) is 0 Å². The first-order valence-electron chi connectivity index (χ1n) is 9.38. The first-order valence-corrected chi connectivity index (χ1v) is 9.38. The van der Waals surface area contributed by atoms with Crippen LogP contribution in [0, 0.1) is 0 Å². The number of carbonyl (C=O) groups is 5. The van der Waals surface area contributed by atoms with Crippen LogP contribution in [0.5, 0.6) is 5.75 Å². The average Bonchev–Trinajstić information content (AvgIpc) is 2.95. The Hall–Kier alpha value is -2.98. The maximum atomic E-state index is 12.9. The lowest BCUT2D eigenvalue weighted by atomic mass is 10.0. The lowest BCUT2D eigenvalue weighted by Gasteiger charge is -2.27. The van der Waals surface area contributed by atoms with Gasteiger partial charge in [0, 0.05) is 13.0 Å². The third-order valence-corrected chi connectivity index (χ3v) is 4.74. The number of benzene rings is 1. The number of nitrogens with zero attached hydrogens (tertiary/aromatic N) is 1. The van der Waals surface area contributed by atoms with Gasteiger partial charge in [0.1, 0.15) is 11.8 Å². The van der Waals surface area contributed by atoms with Crippen molar-refractivity contribution in [1.82, 2.24) is 15.5 Å². The molecule has 1 aromatic rings. The molecule has 2 aliphatic rings. The number of fused-ring (bicyclic) bond motifs is 1.